The summed E-state index contributed by atoms with van der Waals surface area (Å²) >= 11 is 2.00. The van der Waals surface area contributed by atoms with Crippen molar-refractivity contribution in [3.8, 4) is 0 Å². The molecule has 1 amide bonds. The molecule has 0 atom stereocenters. The highest BCUT2D eigenvalue weighted by Gasteiger charge is 2.22. The molecule has 0 heterocycles. The minimum Gasteiger partial charge on any atom is -0.461 e. The molecule has 0 saturated heterocycles. The van der Waals surface area contributed by atoms with Crippen LogP contribution < -0.4 is 0 Å². The first kappa shape index (κ1) is 17.2. The molecule has 1 aliphatic rings. The number of esters is 1. The number of nitrogens with zero attached hydrogens (tertiary/aromatic N) is 1. The van der Waals surface area contributed by atoms with Gasteiger partial charge in [0.15, 0.2) is 0 Å². The second-order valence-electron chi connectivity index (χ2n) is 4.70. The maximum absolute atomic E-state index is 12.0. The van der Waals surface area contributed by atoms with Gasteiger partial charge in [-0.15, -0.1) is 0 Å². The van der Waals surface area contributed by atoms with E-state index in [1.54, 1.807) is 6.92 Å². The van der Waals surface area contributed by atoms with Crippen LogP contribution in [0.15, 0.2) is 23.9 Å². The van der Waals surface area contributed by atoms with Crippen LogP contribution in [0.25, 0.3) is 0 Å². The van der Waals surface area contributed by atoms with Crippen LogP contribution in [0.2, 0.25) is 0 Å². The molecule has 0 spiro atoms. The SMILES string of the molecule is C=C(C(=O)OCC)N(CCC1=CCCCC1)C(=O)CI. The molecular formula is C15H22INO3. The molecule has 0 aromatic rings. The molecule has 1 rings (SSSR count). The van der Waals surface area contributed by atoms with Gasteiger partial charge in [-0.3, -0.25) is 4.79 Å². The fraction of sp³-hybridized carbons (Fsp3) is 0.600. The molecule has 0 aromatic carbocycles. The van der Waals surface area contributed by atoms with Crippen molar-refractivity contribution in [3.63, 3.8) is 0 Å². The molecule has 0 radical (unpaired) electrons. The van der Waals surface area contributed by atoms with E-state index in [1.807, 2.05) is 22.6 Å². The third-order valence-electron chi connectivity index (χ3n) is 3.29. The summed E-state index contributed by atoms with van der Waals surface area (Å²) < 4.78 is 5.25. The Labute approximate surface area is 134 Å². The second-order valence-corrected chi connectivity index (χ2v) is 5.47. The number of hydrogen-bond acceptors (Lipinski definition) is 3. The lowest BCUT2D eigenvalue weighted by atomic mass is 9.97. The third-order valence-corrected chi connectivity index (χ3v) is 3.95. The van der Waals surface area contributed by atoms with E-state index in [9.17, 15) is 9.59 Å². The highest BCUT2D eigenvalue weighted by Crippen LogP contribution is 2.21. The summed E-state index contributed by atoms with van der Waals surface area (Å²) in [5.74, 6) is -0.608. The number of rotatable bonds is 7. The van der Waals surface area contributed by atoms with Crippen LogP contribution in [0.5, 0.6) is 0 Å². The second kappa shape index (κ2) is 9.15. The number of ether oxygens (including phenoxy) is 1. The van der Waals surface area contributed by atoms with Gasteiger partial charge in [-0.05, 0) is 39.0 Å². The monoisotopic (exact) mass is 391 g/mol. The molecule has 5 heteroatoms. The summed E-state index contributed by atoms with van der Waals surface area (Å²) in [6, 6.07) is 0. The summed E-state index contributed by atoms with van der Waals surface area (Å²) in [5, 5.41) is 0. The van der Waals surface area contributed by atoms with Gasteiger partial charge in [0, 0.05) is 6.54 Å². The number of alkyl halides is 1. The molecule has 112 valence electrons. The minimum atomic E-state index is -0.511. The first-order valence-corrected chi connectivity index (χ1v) is 8.53. The van der Waals surface area contributed by atoms with Crippen LogP contribution >= 0.6 is 22.6 Å². The Morgan fingerprint density at radius 2 is 2.20 bits per heavy atom. The van der Waals surface area contributed by atoms with Crippen molar-refractivity contribution >= 4 is 34.5 Å². The standard InChI is InChI=1S/C15H22INO3/c1-3-20-15(19)12(2)17(14(18)11-16)10-9-13-7-5-4-6-8-13/h7H,2-6,8-11H2,1H3. The van der Waals surface area contributed by atoms with Gasteiger partial charge in [-0.25, -0.2) is 4.79 Å². The quantitative estimate of drug-likeness (QED) is 0.220. The molecule has 0 aliphatic heterocycles. The summed E-state index contributed by atoms with van der Waals surface area (Å²) in [7, 11) is 0. The number of halogens is 1. The van der Waals surface area contributed by atoms with Gasteiger partial charge in [0.1, 0.15) is 5.70 Å². The molecule has 0 fully saturated rings. The number of amides is 1. The van der Waals surface area contributed by atoms with Crippen molar-refractivity contribution in [1.29, 1.82) is 0 Å². The molecule has 0 saturated carbocycles. The average Bonchev–Trinajstić information content (AvgIpc) is 2.48. The zero-order valence-corrected chi connectivity index (χ0v) is 14.1. The van der Waals surface area contributed by atoms with E-state index >= 15 is 0 Å². The largest absolute Gasteiger partial charge is 0.461 e. The molecule has 0 aromatic heterocycles. The lowest BCUT2D eigenvalue weighted by molar-refractivity contribution is -0.143. The maximum Gasteiger partial charge on any atom is 0.354 e. The average molecular weight is 391 g/mol. The molecule has 4 nitrogen and oxygen atoms in total. The zero-order chi connectivity index (χ0) is 15.0. The Morgan fingerprint density at radius 1 is 1.45 bits per heavy atom. The van der Waals surface area contributed by atoms with Crippen molar-refractivity contribution in [2.75, 3.05) is 17.6 Å². The first-order valence-electron chi connectivity index (χ1n) is 7.00. The van der Waals surface area contributed by atoms with Gasteiger partial charge in [0.25, 0.3) is 0 Å². The van der Waals surface area contributed by atoms with Crippen molar-refractivity contribution in [2.24, 2.45) is 0 Å². The molecular weight excluding hydrogens is 369 g/mol. The predicted molar refractivity (Wildman–Crippen MR) is 87.5 cm³/mol. The topological polar surface area (TPSA) is 46.6 Å². The summed E-state index contributed by atoms with van der Waals surface area (Å²) in [4.78, 5) is 25.1. The Bertz CT molecular complexity index is 404. The lowest BCUT2D eigenvalue weighted by Gasteiger charge is -2.24. The maximum atomic E-state index is 12.0. The number of carbonyl (C=O) groups excluding carboxylic acids is 2. The van der Waals surface area contributed by atoms with Gasteiger partial charge in [0.05, 0.1) is 11.0 Å². The van der Waals surface area contributed by atoms with Crippen LogP contribution in [0.1, 0.15) is 39.0 Å². The highest BCUT2D eigenvalue weighted by molar-refractivity contribution is 14.1. The van der Waals surface area contributed by atoms with E-state index < -0.39 is 5.97 Å². The Kier molecular flexibility index (Phi) is 7.87. The molecule has 20 heavy (non-hydrogen) atoms. The van der Waals surface area contributed by atoms with E-state index in [0.717, 1.165) is 19.3 Å². The smallest absolute Gasteiger partial charge is 0.354 e. The van der Waals surface area contributed by atoms with Gasteiger partial charge in [-0.2, -0.15) is 0 Å². The predicted octanol–water partition coefficient (Wildman–Crippen LogP) is 3.22. The van der Waals surface area contributed by atoms with Crippen molar-refractivity contribution < 1.29 is 14.3 Å². The van der Waals surface area contributed by atoms with Crippen molar-refractivity contribution in [1.82, 2.24) is 4.90 Å². The van der Waals surface area contributed by atoms with Gasteiger partial charge in [-0.1, -0.05) is 40.8 Å². The fourth-order valence-electron chi connectivity index (χ4n) is 2.19. The summed E-state index contributed by atoms with van der Waals surface area (Å²) in [5.41, 5.74) is 1.52. The van der Waals surface area contributed by atoms with Gasteiger partial charge in [0.2, 0.25) is 5.91 Å². The summed E-state index contributed by atoms with van der Waals surface area (Å²) in [6.07, 6.45) is 7.73. The Balaban J connectivity index is 2.64. The zero-order valence-electron chi connectivity index (χ0n) is 12.0. The Morgan fingerprint density at radius 3 is 2.75 bits per heavy atom. The lowest BCUT2D eigenvalue weighted by Crippen LogP contribution is -2.35. The van der Waals surface area contributed by atoms with Crippen LogP contribution in [0.4, 0.5) is 0 Å². The number of hydrogen-bond donors (Lipinski definition) is 0. The van der Waals surface area contributed by atoms with E-state index in [2.05, 4.69) is 12.7 Å². The third kappa shape index (κ3) is 5.26. The van der Waals surface area contributed by atoms with Crippen LogP contribution in [0.3, 0.4) is 0 Å². The Hall–Kier alpha value is -0.850. The molecule has 0 bridgehead atoms. The number of allylic oxidation sites excluding steroid dienone is 1. The van der Waals surface area contributed by atoms with Crippen molar-refractivity contribution in [3.05, 3.63) is 23.9 Å². The van der Waals surface area contributed by atoms with Crippen LogP contribution in [-0.2, 0) is 14.3 Å². The fourth-order valence-corrected chi connectivity index (χ4v) is 2.61. The van der Waals surface area contributed by atoms with Crippen molar-refractivity contribution in [2.45, 2.75) is 39.0 Å². The number of carbonyl (C=O) groups is 2. The van der Waals surface area contributed by atoms with Crippen LogP contribution in [-0.4, -0.2) is 34.4 Å². The first-order chi connectivity index (χ1) is 9.60. The van der Waals surface area contributed by atoms with E-state index in [0.29, 0.717) is 11.0 Å². The highest BCUT2D eigenvalue weighted by atomic mass is 127. The van der Waals surface area contributed by atoms with E-state index in [-0.39, 0.29) is 18.2 Å². The molecule has 0 N–H and O–H groups in total. The normalized spacial score (nSPS) is 14.4. The van der Waals surface area contributed by atoms with E-state index in [1.165, 1.54) is 23.3 Å². The van der Waals surface area contributed by atoms with Crippen LogP contribution in [0, 0.1) is 0 Å². The summed E-state index contributed by atoms with van der Waals surface area (Å²) in [6.45, 7) is 6.24. The van der Waals surface area contributed by atoms with E-state index in [4.69, 9.17) is 4.74 Å². The van der Waals surface area contributed by atoms with Gasteiger partial charge >= 0.3 is 5.97 Å². The molecule has 1 aliphatic carbocycles. The molecule has 0 unspecified atom stereocenters. The minimum absolute atomic E-state index is 0.0972. The van der Waals surface area contributed by atoms with Gasteiger partial charge < -0.3 is 9.64 Å².